The Bertz CT molecular complexity index is 523. The second kappa shape index (κ2) is 5.22. The molecule has 0 bridgehead atoms. The minimum Gasteiger partial charge on any atom is -0.281 e. The smallest absolute Gasteiger partial charge is 0.257 e. The van der Waals surface area contributed by atoms with Gasteiger partial charge < -0.3 is 0 Å². The highest BCUT2D eigenvalue weighted by atomic mass is 32.2. The van der Waals surface area contributed by atoms with E-state index in [1.807, 2.05) is 18.9 Å². The van der Waals surface area contributed by atoms with Crippen LogP contribution in [0.3, 0.4) is 0 Å². The fraction of sp³-hybridized carbons (Fsp3) is 0.750. The molecule has 0 amide bonds. The number of nitrogens with one attached hydrogen (secondary N) is 2. The van der Waals surface area contributed by atoms with E-state index in [-0.39, 0.29) is 17.0 Å². The second-order valence-electron chi connectivity index (χ2n) is 5.39. The summed E-state index contributed by atoms with van der Waals surface area (Å²) in [5.74, 6) is 0. The van der Waals surface area contributed by atoms with Gasteiger partial charge in [0.1, 0.15) is 4.90 Å². The molecule has 1 aliphatic rings. The number of aryl methyl sites for hydroxylation is 2. The predicted octanol–water partition coefficient (Wildman–Crippen LogP) is 1.48. The Labute approximate surface area is 114 Å². The maximum atomic E-state index is 12.5. The molecule has 6 nitrogen and oxygen atoms in total. The van der Waals surface area contributed by atoms with Gasteiger partial charge in [0.15, 0.2) is 0 Å². The normalized spacial score (nSPS) is 25.7. The van der Waals surface area contributed by atoms with Crippen LogP contribution in [0, 0.1) is 13.8 Å². The van der Waals surface area contributed by atoms with E-state index < -0.39 is 10.0 Å². The molecule has 0 spiro atoms. The van der Waals surface area contributed by atoms with Crippen LogP contribution in [0.5, 0.6) is 0 Å². The number of aromatic amines is 1. The maximum absolute atomic E-state index is 12.5. The monoisotopic (exact) mass is 286 g/mol. The average Bonchev–Trinajstić information content (AvgIpc) is 2.64. The summed E-state index contributed by atoms with van der Waals surface area (Å²) in [6, 6.07) is 0.428. The van der Waals surface area contributed by atoms with E-state index in [1.165, 1.54) is 0 Å². The van der Waals surface area contributed by atoms with Gasteiger partial charge in [-0.1, -0.05) is 6.42 Å². The van der Waals surface area contributed by atoms with Crippen molar-refractivity contribution in [1.29, 1.82) is 0 Å². The van der Waals surface area contributed by atoms with Crippen LogP contribution in [-0.2, 0) is 10.0 Å². The third kappa shape index (κ3) is 2.82. The van der Waals surface area contributed by atoms with Gasteiger partial charge in [0.25, 0.3) is 10.0 Å². The van der Waals surface area contributed by atoms with Gasteiger partial charge in [-0.25, -0.2) is 13.4 Å². The number of hydrazine groups is 1. The van der Waals surface area contributed by atoms with Gasteiger partial charge in [0.05, 0.1) is 11.4 Å². The van der Waals surface area contributed by atoms with Crippen LogP contribution in [0.4, 0.5) is 0 Å². The van der Waals surface area contributed by atoms with Crippen LogP contribution >= 0.6 is 0 Å². The fourth-order valence-corrected chi connectivity index (χ4v) is 4.33. The lowest BCUT2D eigenvalue weighted by Gasteiger charge is -2.38. The van der Waals surface area contributed by atoms with E-state index in [0.29, 0.717) is 11.4 Å². The molecule has 0 saturated carbocycles. The first-order valence-electron chi connectivity index (χ1n) is 6.65. The zero-order chi connectivity index (χ0) is 14.2. The summed E-state index contributed by atoms with van der Waals surface area (Å²) in [4.78, 5) is 2.99. The molecule has 1 fully saturated rings. The quantitative estimate of drug-likeness (QED) is 0.882. The lowest BCUT2D eigenvalue weighted by molar-refractivity contribution is 0.0790. The predicted molar refractivity (Wildman–Crippen MR) is 73.0 cm³/mol. The zero-order valence-electron chi connectivity index (χ0n) is 11.9. The molecule has 2 heterocycles. The highest BCUT2D eigenvalue weighted by molar-refractivity contribution is 7.89. The van der Waals surface area contributed by atoms with Crippen molar-refractivity contribution >= 4 is 10.0 Å². The largest absolute Gasteiger partial charge is 0.281 e. The number of H-pyrrole nitrogens is 1. The number of hydrogen-bond acceptors (Lipinski definition) is 4. The van der Waals surface area contributed by atoms with E-state index in [1.54, 1.807) is 13.8 Å². The first-order valence-corrected chi connectivity index (χ1v) is 8.13. The second-order valence-corrected chi connectivity index (χ2v) is 6.99. The summed E-state index contributed by atoms with van der Waals surface area (Å²) in [7, 11) is -3.56. The van der Waals surface area contributed by atoms with E-state index in [9.17, 15) is 8.42 Å². The number of rotatable bonds is 3. The molecular weight excluding hydrogens is 264 g/mol. The Kier molecular flexibility index (Phi) is 3.98. The zero-order valence-corrected chi connectivity index (χ0v) is 12.7. The molecular formula is C12H22N4O2S. The van der Waals surface area contributed by atoms with Crippen molar-refractivity contribution in [3.63, 3.8) is 0 Å². The lowest BCUT2D eigenvalue weighted by atomic mass is 10.0. The molecule has 108 valence electrons. The SMILES string of the molecule is Cc1n[nH]c(C)c1S(=O)(=O)NN1C(C)CCCC1C. The number of sulfonamides is 1. The van der Waals surface area contributed by atoms with Crippen LogP contribution in [-0.4, -0.2) is 35.7 Å². The van der Waals surface area contributed by atoms with Crippen molar-refractivity contribution in [1.82, 2.24) is 20.0 Å². The highest BCUT2D eigenvalue weighted by Crippen LogP contribution is 2.23. The Morgan fingerprint density at radius 1 is 1.26 bits per heavy atom. The third-order valence-electron chi connectivity index (χ3n) is 3.75. The summed E-state index contributed by atoms with van der Waals surface area (Å²) in [5, 5.41) is 8.52. The first kappa shape index (κ1) is 14.5. The molecule has 0 aliphatic carbocycles. The summed E-state index contributed by atoms with van der Waals surface area (Å²) in [6.07, 6.45) is 3.16. The summed E-state index contributed by atoms with van der Waals surface area (Å²) < 4.78 is 25.0. The minimum absolute atomic E-state index is 0.214. The molecule has 1 aromatic rings. The molecule has 2 unspecified atom stereocenters. The van der Waals surface area contributed by atoms with Crippen LogP contribution in [0.2, 0.25) is 0 Å². The molecule has 19 heavy (non-hydrogen) atoms. The highest BCUT2D eigenvalue weighted by Gasteiger charge is 2.31. The van der Waals surface area contributed by atoms with E-state index >= 15 is 0 Å². The van der Waals surface area contributed by atoms with Gasteiger partial charge in [0.2, 0.25) is 0 Å². The molecule has 0 aromatic carbocycles. The molecule has 1 aromatic heterocycles. The first-order chi connectivity index (χ1) is 8.83. The van der Waals surface area contributed by atoms with Crippen LogP contribution in [0.25, 0.3) is 0 Å². The third-order valence-corrected chi connectivity index (χ3v) is 5.34. The van der Waals surface area contributed by atoms with Crippen LogP contribution < -0.4 is 4.83 Å². The van der Waals surface area contributed by atoms with E-state index in [2.05, 4.69) is 15.0 Å². The van der Waals surface area contributed by atoms with Gasteiger partial charge in [0, 0.05) is 12.1 Å². The fourth-order valence-electron chi connectivity index (χ4n) is 2.72. The van der Waals surface area contributed by atoms with Gasteiger partial charge in [-0.2, -0.15) is 5.10 Å². The summed E-state index contributed by atoms with van der Waals surface area (Å²) >= 11 is 0. The van der Waals surface area contributed by atoms with Crippen molar-refractivity contribution < 1.29 is 8.42 Å². The van der Waals surface area contributed by atoms with Crippen LogP contribution in [0.1, 0.15) is 44.5 Å². The van der Waals surface area contributed by atoms with Crippen molar-refractivity contribution in [3.05, 3.63) is 11.4 Å². The van der Waals surface area contributed by atoms with Gasteiger partial charge in [-0.05, 0) is 40.5 Å². The van der Waals surface area contributed by atoms with Crippen molar-refractivity contribution in [2.45, 2.75) is 63.9 Å². The van der Waals surface area contributed by atoms with E-state index in [0.717, 1.165) is 19.3 Å². The van der Waals surface area contributed by atoms with Crippen molar-refractivity contribution in [2.75, 3.05) is 0 Å². The van der Waals surface area contributed by atoms with Crippen molar-refractivity contribution in [3.8, 4) is 0 Å². The molecule has 2 rings (SSSR count). The number of hydrogen-bond donors (Lipinski definition) is 2. The lowest BCUT2D eigenvalue weighted by Crippen LogP contribution is -2.54. The van der Waals surface area contributed by atoms with Gasteiger partial charge in [-0.15, -0.1) is 4.83 Å². The van der Waals surface area contributed by atoms with Crippen LogP contribution in [0.15, 0.2) is 4.90 Å². The topological polar surface area (TPSA) is 78.1 Å². The number of piperidine rings is 1. The standard InChI is InChI=1S/C12H22N4O2S/c1-8-6-5-7-9(2)16(8)15-19(17,18)12-10(3)13-14-11(12)4/h8-9,15H,5-7H2,1-4H3,(H,13,14). The Balaban J connectivity index is 2.26. The van der Waals surface area contributed by atoms with Crippen molar-refractivity contribution in [2.24, 2.45) is 0 Å². The number of aromatic nitrogens is 2. The van der Waals surface area contributed by atoms with Gasteiger partial charge in [-0.3, -0.25) is 5.10 Å². The molecule has 2 atom stereocenters. The summed E-state index contributed by atoms with van der Waals surface area (Å²) in [5.41, 5.74) is 1.07. The Morgan fingerprint density at radius 3 is 2.32 bits per heavy atom. The summed E-state index contributed by atoms with van der Waals surface area (Å²) in [6.45, 7) is 7.51. The molecule has 7 heteroatoms. The molecule has 0 radical (unpaired) electrons. The van der Waals surface area contributed by atoms with Gasteiger partial charge >= 0.3 is 0 Å². The Hall–Kier alpha value is -0.920. The molecule has 2 N–H and O–H groups in total. The number of nitrogens with zero attached hydrogens (tertiary/aromatic N) is 2. The van der Waals surface area contributed by atoms with E-state index in [4.69, 9.17) is 0 Å². The minimum atomic E-state index is -3.56. The Morgan fingerprint density at radius 2 is 1.84 bits per heavy atom. The maximum Gasteiger partial charge on any atom is 0.257 e. The molecule has 1 saturated heterocycles. The average molecular weight is 286 g/mol. The molecule has 1 aliphatic heterocycles.